The van der Waals surface area contributed by atoms with Gasteiger partial charge in [-0.25, -0.2) is 18.7 Å². The van der Waals surface area contributed by atoms with Gasteiger partial charge in [0.15, 0.2) is 0 Å². The number of nitrogens with two attached hydrogens (primary N) is 1. The molecule has 5 heterocycles. The van der Waals surface area contributed by atoms with Crippen molar-refractivity contribution in [3.63, 3.8) is 0 Å². The first-order valence-electron chi connectivity index (χ1n) is 15.5. The van der Waals surface area contributed by atoms with Crippen LogP contribution < -0.4 is 15.4 Å². The van der Waals surface area contributed by atoms with Crippen molar-refractivity contribution in [3.05, 3.63) is 65.0 Å². The average Bonchev–Trinajstić information content (AvgIpc) is 3.71. The van der Waals surface area contributed by atoms with Crippen LogP contribution in [0, 0.1) is 17.1 Å². The van der Waals surface area contributed by atoms with E-state index in [9.17, 15) is 14.0 Å². The topological polar surface area (TPSA) is 117 Å². The molecule has 2 N–H and O–H groups in total. The van der Waals surface area contributed by atoms with Gasteiger partial charge < -0.3 is 15.4 Å². The fourth-order valence-electron chi connectivity index (χ4n) is 7.28. The zero-order chi connectivity index (χ0) is 36.5. The van der Waals surface area contributed by atoms with Gasteiger partial charge in [0, 0.05) is 60.9 Å². The van der Waals surface area contributed by atoms with Gasteiger partial charge in [0.1, 0.15) is 41.8 Å². The second-order valence-corrected chi connectivity index (χ2v) is 13.7. The molecule has 2 saturated heterocycles. The lowest BCUT2D eigenvalue weighted by Crippen LogP contribution is -2.43. The first-order chi connectivity index (χ1) is 24.1. The van der Waals surface area contributed by atoms with Crippen LogP contribution >= 0.6 is 11.3 Å². The van der Waals surface area contributed by atoms with Crippen molar-refractivity contribution in [3.8, 4) is 23.2 Å². The molecule has 0 saturated carbocycles. The second-order valence-electron chi connectivity index (χ2n) is 12.6. The highest BCUT2D eigenvalue weighted by molar-refractivity contribution is 7.23. The summed E-state index contributed by atoms with van der Waals surface area (Å²) in [6.07, 6.45) is -6.51. The first-order valence-corrected chi connectivity index (χ1v) is 16.3. The number of hydrogen-bond acceptors (Lipinski definition) is 10. The summed E-state index contributed by atoms with van der Waals surface area (Å²) >= 11 is 0.529. The van der Waals surface area contributed by atoms with Crippen LogP contribution in [0.1, 0.15) is 41.5 Å². The molecule has 2 aliphatic rings. The van der Waals surface area contributed by atoms with Gasteiger partial charge in [-0.05, 0) is 37.1 Å². The Morgan fingerprint density at radius 1 is 1.14 bits per heavy atom. The molecule has 266 valence electrons. The number of hydrogen-bond donors (Lipinski definition) is 1. The molecule has 3 aromatic heterocycles. The minimum Gasteiger partial charge on any atom is -0.461 e. The molecule has 0 radical (unpaired) electrons. The van der Waals surface area contributed by atoms with E-state index in [2.05, 4.69) is 19.9 Å². The Hall–Kier alpha value is -4.89. The Labute approximate surface area is 288 Å². The molecule has 5 aromatic rings. The van der Waals surface area contributed by atoms with E-state index in [1.807, 2.05) is 4.90 Å². The summed E-state index contributed by atoms with van der Waals surface area (Å²) in [4.78, 5) is 19.5. The Morgan fingerprint density at radius 3 is 2.57 bits per heavy atom. The number of halogens is 8. The fraction of sp³-hybridized carbons (Fsp3) is 0.364. The smallest absolute Gasteiger partial charge is 0.419 e. The van der Waals surface area contributed by atoms with Crippen LogP contribution in [0.15, 0.2) is 36.9 Å². The predicted octanol–water partition coefficient (Wildman–Crippen LogP) is 7.52. The number of nitriles is 1. The highest BCUT2D eigenvalue weighted by Crippen LogP contribution is 2.52. The summed E-state index contributed by atoms with van der Waals surface area (Å²) in [6, 6.07) is 3.11. The molecule has 2 fully saturated rings. The molecule has 18 heteroatoms. The summed E-state index contributed by atoms with van der Waals surface area (Å²) in [7, 11) is 1.41. The number of thiophene rings is 1. The number of fused-ring (bicyclic) bond motifs is 3. The Balaban J connectivity index is 1.53. The summed E-state index contributed by atoms with van der Waals surface area (Å²) < 4.78 is 127. The summed E-state index contributed by atoms with van der Waals surface area (Å²) in [6.45, 7) is 0.500. The van der Waals surface area contributed by atoms with Gasteiger partial charge in [-0.15, -0.1) is 11.3 Å². The molecule has 0 spiro atoms. The largest absolute Gasteiger partial charge is 0.461 e. The minimum absolute atomic E-state index is 0.0869. The molecular weight excluding hydrogens is 708 g/mol. The van der Waals surface area contributed by atoms with E-state index in [-0.39, 0.29) is 41.6 Å². The quantitative estimate of drug-likeness (QED) is 0.170. The number of rotatable bonds is 7. The van der Waals surface area contributed by atoms with Gasteiger partial charge >= 0.3 is 18.4 Å². The van der Waals surface area contributed by atoms with Crippen molar-refractivity contribution in [2.45, 2.75) is 49.9 Å². The molecule has 7 rings (SSSR count). The number of ether oxygens (including phenoxy) is 1. The predicted molar refractivity (Wildman–Crippen MR) is 172 cm³/mol. The van der Waals surface area contributed by atoms with E-state index < -0.39 is 80.0 Å². The Morgan fingerprint density at radius 2 is 1.88 bits per heavy atom. The van der Waals surface area contributed by atoms with E-state index in [1.54, 1.807) is 6.07 Å². The van der Waals surface area contributed by atoms with E-state index in [4.69, 9.17) is 10.5 Å². The maximum atomic E-state index is 15.5. The van der Waals surface area contributed by atoms with Crippen LogP contribution in [0.2, 0.25) is 0 Å². The second kappa shape index (κ2) is 12.4. The highest BCUT2D eigenvalue weighted by atomic mass is 32.1. The van der Waals surface area contributed by atoms with Gasteiger partial charge in [-0.2, -0.15) is 41.6 Å². The fourth-order valence-corrected chi connectivity index (χ4v) is 8.23. The van der Waals surface area contributed by atoms with Crippen molar-refractivity contribution in [2.24, 2.45) is 0 Å². The lowest BCUT2D eigenvalue weighted by atomic mass is 9.88. The van der Waals surface area contributed by atoms with Crippen LogP contribution in [0.4, 0.5) is 45.9 Å². The Bertz CT molecular complexity index is 2200. The molecule has 2 aliphatic heterocycles. The molecule has 2 atom stereocenters. The van der Waals surface area contributed by atoms with Gasteiger partial charge in [-0.1, -0.05) is 6.07 Å². The lowest BCUT2D eigenvalue weighted by Gasteiger charge is -2.31. The van der Waals surface area contributed by atoms with Crippen LogP contribution in [-0.2, 0) is 18.9 Å². The summed E-state index contributed by atoms with van der Waals surface area (Å²) in [5.74, 6) is -1.32. The third-order valence-electron chi connectivity index (χ3n) is 9.36. The molecule has 2 aromatic carbocycles. The van der Waals surface area contributed by atoms with Gasteiger partial charge in [-0.3, -0.25) is 4.90 Å². The molecule has 0 aliphatic carbocycles. The number of alkyl halides is 7. The van der Waals surface area contributed by atoms with Crippen LogP contribution in [0.5, 0.6) is 6.01 Å². The molecule has 0 unspecified atom stereocenters. The third-order valence-corrected chi connectivity index (χ3v) is 10.4. The van der Waals surface area contributed by atoms with Crippen LogP contribution in [0.3, 0.4) is 0 Å². The van der Waals surface area contributed by atoms with Gasteiger partial charge in [0.05, 0.1) is 32.4 Å². The molecule has 9 nitrogen and oxygen atoms in total. The molecule has 51 heavy (non-hydrogen) atoms. The SMILES string of the molecule is CN(Cc1cncnc1)c1nc(OC[C@@]23CCCN2C[C@H](F)C3)nc2c(C(F)(F)F)c(-c3ccc(F)c4sc(N)c(C#N)c34)c(C(F)(F)F)cc12. The standard InChI is InChI=1S/C33H26F8N8OS/c1-48(12-16-10-44-15-45-11-16)29-19-7-21(32(36,37)38)24(18-3-4-22(35)27-23(18)20(9-42)28(43)51-27)25(33(39,40)41)26(19)46-30(47-29)50-14-31-5-2-6-49(31)13-17(34)8-31/h3-4,7,10-11,15,17H,2,5-6,8,12-14,43H2,1H3/t17-,31+/m1/s1. The number of anilines is 2. The molecular formula is C33H26F8N8OS. The van der Waals surface area contributed by atoms with E-state index in [0.717, 1.165) is 18.6 Å². The van der Waals surface area contributed by atoms with Crippen molar-refractivity contribution in [2.75, 3.05) is 37.4 Å². The first kappa shape index (κ1) is 34.6. The van der Waals surface area contributed by atoms with Crippen LogP contribution in [0.25, 0.3) is 32.1 Å². The monoisotopic (exact) mass is 734 g/mol. The van der Waals surface area contributed by atoms with E-state index in [0.29, 0.717) is 35.9 Å². The minimum atomic E-state index is -5.49. The Kier molecular flexibility index (Phi) is 8.41. The number of nitrogens with zero attached hydrogens (tertiary/aromatic N) is 7. The summed E-state index contributed by atoms with van der Waals surface area (Å²) in [5, 5.41) is 8.42. The van der Waals surface area contributed by atoms with Crippen molar-refractivity contribution in [1.82, 2.24) is 24.8 Å². The number of nitrogen functional groups attached to an aromatic ring is 1. The van der Waals surface area contributed by atoms with E-state index >= 15 is 26.3 Å². The zero-order valence-corrected chi connectivity index (χ0v) is 27.4. The van der Waals surface area contributed by atoms with Crippen molar-refractivity contribution in [1.29, 1.82) is 5.26 Å². The summed E-state index contributed by atoms with van der Waals surface area (Å²) in [5.41, 5.74) is -1.40. The molecule has 0 amide bonds. The average molecular weight is 735 g/mol. The van der Waals surface area contributed by atoms with Crippen molar-refractivity contribution >= 4 is 43.1 Å². The maximum Gasteiger partial charge on any atom is 0.419 e. The normalized spacial score (nSPS) is 19.5. The van der Waals surface area contributed by atoms with E-state index in [1.165, 1.54) is 30.7 Å². The number of aromatic nitrogens is 4. The van der Waals surface area contributed by atoms with Gasteiger partial charge in [0.25, 0.3) is 0 Å². The third kappa shape index (κ3) is 6.01. The zero-order valence-electron chi connectivity index (χ0n) is 26.5. The highest BCUT2D eigenvalue weighted by Gasteiger charge is 2.50. The molecule has 0 bridgehead atoms. The van der Waals surface area contributed by atoms with Crippen molar-refractivity contribution < 1.29 is 39.9 Å². The van der Waals surface area contributed by atoms with Crippen LogP contribution in [-0.4, -0.2) is 63.3 Å². The number of benzene rings is 2. The maximum absolute atomic E-state index is 15.5. The van der Waals surface area contributed by atoms with Gasteiger partial charge in [0.2, 0.25) is 0 Å². The lowest BCUT2D eigenvalue weighted by molar-refractivity contribution is -0.141.